The van der Waals surface area contributed by atoms with Gasteiger partial charge in [0.15, 0.2) is 0 Å². The van der Waals surface area contributed by atoms with E-state index >= 15 is 0 Å². The molecule has 3 aromatic rings. The third kappa shape index (κ3) is 3.54. The van der Waals surface area contributed by atoms with Gasteiger partial charge in [0.05, 0.1) is 24.3 Å². The largest absolute Gasteiger partial charge is 0.432 e. The zero-order chi connectivity index (χ0) is 19.0. The number of carbonyl (C=O) groups excluding carboxylic acids is 1. The van der Waals surface area contributed by atoms with Crippen molar-refractivity contribution in [1.29, 1.82) is 0 Å². The van der Waals surface area contributed by atoms with Crippen LogP contribution in [0.3, 0.4) is 0 Å². The Hall–Kier alpha value is -2.84. The summed E-state index contributed by atoms with van der Waals surface area (Å²) in [6.07, 6.45) is 1.37. The van der Waals surface area contributed by atoms with Crippen molar-refractivity contribution in [2.24, 2.45) is 0 Å². The summed E-state index contributed by atoms with van der Waals surface area (Å²) in [7, 11) is 0. The summed E-state index contributed by atoms with van der Waals surface area (Å²) < 4.78 is 39.8. The Kier molecular flexibility index (Phi) is 4.37. The van der Waals surface area contributed by atoms with Gasteiger partial charge in [0.2, 0.25) is 5.91 Å². The van der Waals surface area contributed by atoms with Crippen LogP contribution in [0, 0.1) is 0 Å². The van der Waals surface area contributed by atoms with E-state index in [2.05, 4.69) is 15.1 Å². The number of rotatable bonds is 3. The number of aromatic amines is 1. The second kappa shape index (κ2) is 6.71. The van der Waals surface area contributed by atoms with Crippen molar-refractivity contribution in [3.05, 3.63) is 53.9 Å². The van der Waals surface area contributed by atoms with E-state index in [1.807, 2.05) is 24.4 Å². The van der Waals surface area contributed by atoms with E-state index in [0.29, 0.717) is 31.8 Å². The number of piperidine rings is 1. The number of pyridine rings is 1. The van der Waals surface area contributed by atoms with Gasteiger partial charge in [-0.3, -0.25) is 4.79 Å². The van der Waals surface area contributed by atoms with Crippen molar-refractivity contribution >= 4 is 11.4 Å². The maximum absolute atomic E-state index is 12.7. The van der Waals surface area contributed by atoms with Gasteiger partial charge in [-0.1, -0.05) is 6.07 Å². The fourth-order valence-corrected chi connectivity index (χ4v) is 3.49. The highest BCUT2D eigenvalue weighted by molar-refractivity contribution is 5.81. The minimum absolute atomic E-state index is 0.00243. The molecule has 1 aliphatic heterocycles. The molecule has 0 bridgehead atoms. The lowest BCUT2D eigenvalue weighted by atomic mass is 9.95. The Morgan fingerprint density at radius 3 is 2.70 bits per heavy atom. The van der Waals surface area contributed by atoms with E-state index in [1.54, 1.807) is 15.6 Å². The van der Waals surface area contributed by atoms with Gasteiger partial charge >= 0.3 is 6.18 Å². The number of aromatic nitrogens is 4. The first-order valence-electron chi connectivity index (χ1n) is 8.73. The van der Waals surface area contributed by atoms with Gasteiger partial charge in [0, 0.05) is 30.8 Å². The highest BCUT2D eigenvalue weighted by Gasteiger charge is 2.34. The van der Waals surface area contributed by atoms with Gasteiger partial charge in [-0.15, -0.1) is 0 Å². The van der Waals surface area contributed by atoms with E-state index in [4.69, 9.17) is 0 Å². The SMILES string of the molecule is O=C(Cc1cnn2ccccc12)N1CCC(c2ncc(C(F)(F)F)[nH]2)CC1. The standard InChI is InChI=1S/C18H18F3N5O/c19-18(20,21)15-11-22-17(24-15)12-4-7-25(8-5-12)16(27)9-13-10-23-26-6-2-1-3-14(13)26/h1-3,6,10-12H,4-5,7-9H2,(H,22,24). The third-order valence-electron chi connectivity index (χ3n) is 4.98. The average Bonchev–Trinajstić information content (AvgIpc) is 3.30. The molecular weight excluding hydrogens is 359 g/mol. The molecule has 9 heteroatoms. The van der Waals surface area contributed by atoms with Crippen molar-refractivity contribution in [3.63, 3.8) is 0 Å². The lowest BCUT2D eigenvalue weighted by Crippen LogP contribution is -2.39. The Labute approximate surface area is 153 Å². The van der Waals surface area contributed by atoms with Crippen LogP contribution >= 0.6 is 0 Å². The molecule has 3 aromatic heterocycles. The first-order valence-corrected chi connectivity index (χ1v) is 8.73. The van der Waals surface area contributed by atoms with Crippen LogP contribution in [0.5, 0.6) is 0 Å². The predicted molar refractivity (Wildman–Crippen MR) is 91.0 cm³/mol. The van der Waals surface area contributed by atoms with Crippen LogP contribution in [0.25, 0.3) is 5.52 Å². The van der Waals surface area contributed by atoms with Crippen molar-refractivity contribution in [2.45, 2.75) is 31.4 Å². The maximum atomic E-state index is 12.7. The first-order chi connectivity index (χ1) is 12.9. The monoisotopic (exact) mass is 377 g/mol. The second-order valence-electron chi connectivity index (χ2n) is 6.71. The number of hydrogen-bond donors (Lipinski definition) is 1. The van der Waals surface area contributed by atoms with E-state index in [0.717, 1.165) is 17.3 Å². The minimum atomic E-state index is -4.42. The first kappa shape index (κ1) is 17.6. The van der Waals surface area contributed by atoms with E-state index in [1.165, 1.54) is 0 Å². The van der Waals surface area contributed by atoms with Gasteiger partial charge in [-0.25, -0.2) is 9.50 Å². The molecular formula is C18H18F3N5O. The molecule has 6 nitrogen and oxygen atoms in total. The summed E-state index contributed by atoms with van der Waals surface area (Å²) in [6.45, 7) is 1.01. The number of fused-ring (bicyclic) bond motifs is 1. The predicted octanol–water partition coefficient (Wildman–Crippen LogP) is 3.02. The van der Waals surface area contributed by atoms with E-state index in [9.17, 15) is 18.0 Å². The minimum Gasteiger partial charge on any atom is -0.342 e. The molecule has 0 aliphatic carbocycles. The molecule has 0 radical (unpaired) electrons. The number of carbonyl (C=O) groups is 1. The molecule has 0 saturated carbocycles. The topological polar surface area (TPSA) is 66.3 Å². The molecule has 0 atom stereocenters. The molecule has 1 N–H and O–H groups in total. The number of amides is 1. The second-order valence-corrected chi connectivity index (χ2v) is 6.71. The molecule has 27 heavy (non-hydrogen) atoms. The molecule has 142 valence electrons. The van der Waals surface area contributed by atoms with Crippen molar-refractivity contribution in [1.82, 2.24) is 24.5 Å². The van der Waals surface area contributed by atoms with Crippen molar-refractivity contribution < 1.29 is 18.0 Å². The smallest absolute Gasteiger partial charge is 0.342 e. The summed E-state index contributed by atoms with van der Waals surface area (Å²) in [5.41, 5.74) is 0.934. The number of hydrogen-bond acceptors (Lipinski definition) is 3. The van der Waals surface area contributed by atoms with Crippen LogP contribution in [0.15, 0.2) is 36.8 Å². The number of imidazole rings is 1. The summed E-state index contributed by atoms with van der Waals surface area (Å²) in [6, 6.07) is 5.68. The molecule has 4 heterocycles. The van der Waals surface area contributed by atoms with Crippen LogP contribution in [0.2, 0.25) is 0 Å². The van der Waals surface area contributed by atoms with E-state index in [-0.39, 0.29) is 18.2 Å². The zero-order valence-electron chi connectivity index (χ0n) is 14.4. The fraction of sp³-hybridized carbons (Fsp3) is 0.389. The molecule has 0 aromatic carbocycles. The number of nitrogens with one attached hydrogen (secondary N) is 1. The molecule has 1 amide bonds. The number of H-pyrrole nitrogens is 1. The highest BCUT2D eigenvalue weighted by Crippen LogP contribution is 2.31. The molecule has 4 rings (SSSR count). The quantitative estimate of drug-likeness (QED) is 0.763. The summed E-state index contributed by atoms with van der Waals surface area (Å²) in [5.74, 6) is 0.252. The fourth-order valence-electron chi connectivity index (χ4n) is 3.49. The average molecular weight is 377 g/mol. The normalized spacial score (nSPS) is 16.2. The summed E-state index contributed by atoms with van der Waals surface area (Å²) >= 11 is 0. The van der Waals surface area contributed by atoms with Gasteiger partial charge in [0.1, 0.15) is 11.5 Å². The summed E-state index contributed by atoms with van der Waals surface area (Å²) in [5, 5.41) is 4.23. The molecule has 0 unspecified atom stereocenters. The lowest BCUT2D eigenvalue weighted by molar-refractivity contribution is -0.141. The Morgan fingerprint density at radius 1 is 1.22 bits per heavy atom. The third-order valence-corrected chi connectivity index (χ3v) is 4.98. The lowest BCUT2D eigenvalue weighted by Gasteiger charge is -2.31. The number of nitrogens with zero attached hydrogens (tertiary/aromatic N) is 4. The molecule has 1 aliphatic rings. The number of alkyl halides is 3. The van der Waals surface area contributed by atoms with Gasteiger partial charge in [0.25, 0.3) is 0 Å². The van der Waals surface area contributed by atoms with Crippen molar-refractivity contribution in [2.75, 3.05) is 13.1 Å². The Bertz CT molecular complexity index is 953. The van der Waals surface area contributed by atoms with Crippen molar-refractivity contribution in [3.8, 4) is 0 Å². The van der Waals surface area contributed by atoms with Crippen LogP contribution in [-0.4, -0.2) is 43.5 Å². The Morgan fingerprint density at radius 2 is 2.00 bits per heavy atom. The number of likely N-dealkylation sites (tertiary alicyclic amines) is 1. The molecule has 0 spiro atoms. The van der Waals surface area contributed by atoms with Crippen LogP contribution < -0.4 is 0 Å². The van der Waals surface area contributed by atoms with Gasteiger partial charge < -0.3 is 9.88 Å². The number of halogens is 3. The van der Waals surface area contributed by atoms with Crippen LogP contribution in [0.1, 0.15) is 35.8 Å². The van der Waals surface area contributed by atoms with E-state index < -0.39 is 11.9 Å². The van der Waals surface area contributed by atoms with Gasteiger partial charge in [-0.2, -0.15) is 18.3 Å². The summed E-state index contributed by atoms with van der Waals surface area (Å²) in [4.78, 5) is 20.6. The maximum Gasteiger partial charge on any atom is 0.432 e. The van der Waals surface area contributed by atoms with Crippen LogP contribution in [0.4, 0.5) is 13.2 Å². The highest BCUT2D eigenvalue weighted by atomic mass is 19.4. The molecule has 1 fully saturated rings. The molecule has 1 saturated heterocycles. The zero-order valence-corrected chi connectivity index (χ0v) is 14.4. The van der Waals surface area contributed by atoms with Gasteiger partial charge in [-0.05, 0) is 25.0 Å². The van der Waals surface area contributed by atoms with Crippen LogP contribution in [-0.2, 0) is 17.4 Å². The Balaban J connectivity index is 1.37.